The molecule has 0 aliphatic rings. The van der Waals surface area contributed by atoms with Gasteiger partial charge in [0.15, 0.2) is 0 Å². The average Bonchev–Trinajstić information content (AvgIpc) is 1.81. The average molecular weight is 145 g/mol. The van der Waals surface area contributed by atoms with E-state index in [0.717, 1.165) is 6.08 Å². The number of carboxylic acid groups (broad SMARTS) is 2. The Bertz CT molecular complexity index is 187. The van der Waals surface area contributed by atoms with Crippen molar-refractivity contribution in [3.05, 3.63) is 0 Å². The molecule has 0 aromatic heterocycles. The molecule has 0 rings (SSSR count). The molecular formula is C4H3NO5. The van der Waals surface area contributed by atoms with Gasteiger partial charge in [-0.2, -0.15) is 4.99 Å². The van der Waals surface area contributed by atoms with Crippen LogP contribution in [0.3, 0.4) is 0 Å². The van der Waals surface area contributed by atoms with Gasteiger partial charge in [0.2, 0.25) is 6.08 Å². The fourth-order valence-corrected chi connectivity index (χ4v) is 0.269. The van der Waals surface area contributed by atoms with Crippen LogP contribution >= 0.6 is 0 Å². The van der Waals surface area contributed by atoms with Crippen LogP contribution in [0.25, 0.3) is 0 Å². The second kappa shape index (κ2) is 3.37. The van der Waals surface area contributed by atoms with E-state index in [4.69, 9.17) is 10.2 Å². The van der Waals surface area contributed by atoms with Crippen molar-refractivity contribution >= 4 is 18.0 Å². The van der Waals surface area contributed by atoms with Crippen molar-refractivity contribution in [3.8, 4) is 0 Å². The molecule has 0 aliphatic heterocycles. The Morgan fingerprint density at radius 1 is 1.30 bits per heavy atom. The van der Waals surface area contributed by atoms with Crippen LogP contribution in [0.5, 0.6) is 0 Å². The molecule has 0 aromatic carbocycles. The summed E-state index contributed by atoms with van der Waals surface area (Å²) in [4.78, 5) is 31.7. The Morgan fingerprint density at radius 2 is 1.70 bits per heavy atom. The minimum Gasteiger partial charge on any atom is -0.479 e. The lowest BCUT2D eigenvalue weighted by molar-refractivity contribution is -0.149. The molecule has 0 spiro atoms. The Morgan fingerprint density at radius 3 is 1.80 bits per heavy atom. The number of isocyanates is 1. The summed E-state index contributed by atoms with van der Waals surface area (Å²) in [6.45, 7) is 0. The summed E-state index contributed by atoms with van der Waals surface area (Å²) in [6, 6.07) is -2.03. The number of carbonyl (C=O) groups is 2. The predicted octanol–water partition coefficient (Wildman–Crippen LogP) is -1.14. The van der Waals surface area contributed by atoms with Crippen molar-refractivity contribution in [3.63, 3.8) is 0 Å². The van der Waals surface area contributed by atoms with Crippen molar-refractivity contribution in [2.75, 3.05) is 0 Å². The molecule has 6 nitrogen and oxygen atoms in total. The maximum atomic E-state index is 9.88. The smallest absolute Gasteiger partial charge is 0.341 e. The van der Waals surface area contributed by atoms with E-state index in [9.17, 15) is 14.4 Å². The van der Waals surface area contributed by atoms with Crippen LogP contribution in [0.4, 0.5) is 0 Å². The van der Waals surface area contributed by atoms with E-state index >= 15 is 0 Å². The summed E-state index contributed by atoms with van der Waals surface area (Å²) in [6.07, 6.45) is 0.844. The van der Waals surface area contributed by atoms with Crippen molar-refractivity contribution in [1.29, 1.82) is 0 Å². The highest BCUT2D eigenvalue weighted by Gasteiger charge is 2.24. The normalized spacial score (nSPS) is 8.50. The summed E-state index contributed by atoms with van der Waals surface area (Å²) >= 11 is 0. The maximum Gasteiger partial charge on any atom is 0.341 e. The molecule has 0 atom stereocenters. The van der Waals surface area contributed by atoms with Gasteiger partial charge < -0.3 is 10.2 Å². The van der Waals surface area contributed by atoms with Crippen LogP contribution in [0.2, 0.25) is 0 Å². The SMILES string of the molecule is O=C=NC(C(=O)O)C(=O)O. The number of rotatable bonds is 3. The van der Waals surface area contributed by atoms with Gasteiger partial charge in [-0.1, -0.05) is 0 Å². The highest BCUT2D eigenvalue weighted by molar-refractivity contribution is 5.98. The molecule has 10 heavy (non-hydrogen) atoms. The third kappa shape index (κ3) is 2.06. The first-order valence-corrected chi connectivity index (χ1v) is 2.12. The Balaban J connectivity index is 4.41. The topological polar surface area (TPSA) is 104 Å². The van der Waals surface area contributed by atoms with Crippen LogP contribution in [0.15, 0.2) is 4.99 Å². The Labute approximate surface area is 54.8 Å². The zero-order valence-corrected chi connectivity index (χ0v) is 4.64. The lowest BCUT2D eigenvalue weighted by atomic mass is 10.3. The van der Waals surface area contributed by atoms with E-state index in [-0.39, 0.29) is 0 Å². The first-order valence-electron chi connectivity index (χ1n) is 2.12. The van der Waals surface area contributed by atoms with Gasteiger partial charge in [-0.25, -0.2) is 14.4 Å². The van der Waals surface area contributed by atoms with E-state index in [1.807, 2.05) is 0 Å². The molecule has 0 aliphatic carbocycles. The molecule has 0 saturated carbocycles. The van der Waals surface area contributed by atoms with Gasteiger partial charge >= 0.3 is 11.9 Å². The van der Waals surface area contributed by atoms with E-state index in [1.54, 1.807) is 0 Å². The Kier molecular flexibility index (Phi) is 2.80. The van der Waals surface area contributed by atoms with Crippen molar-refractivity contribution in [1.82, 2.24) is 0 Å². The molecule has 54 valence electrons. The van der Waals surface area contributed by atoms with Gasteiger partial charge in [0.05, 0.1) is 0 Å². The van der Waals surface area contributed by atoms with Crippen molar-refractivity contribution < 1.29 is 24.6 Å². The zero-order chi connectivity index (χ0) is 8.15. The van der Waals surface area contributed by atoms with Crippen LogP contribution in [-0.4, -0.2) is 34.3 Å². The number of hydrogen-bond acceptors (Lipinski definition) is 4. The van der Waals surface area contributed by atoms with Crippen molar-refractivity contribution in [2.45, 2.75) is 6.04 Å². The first-order chi connectivity index (χ1) is 4.59. The quantitative estimate of drug-likeness (QED) is 0.296. The second-order valence-electron chi connectivity index (χ2n) is 1.30. The summed E-state index contributed by atoms with van der Waals surface area (Å²) in [5, 5.41) is 16.0. The highest BCUT2D eigenvalue weighted by atomic mass is 16.4. The lowest BCUT2D eigenvalue weighted by Gasteiger charge is -1.94. The second-order valence-corrected chi connectivity index (χ2v) is 1.30. The molecular weight excluding hydrogens is 142 g/mol. The summed E-state index contributed by atoms with van der Waals surface area (Å²) in [7, 11) is 0. The molecule has 0 bridgehead atoms. The monoisotopic (exact) mass is 145 g/mol. The van der Waals surface area contributed by atoms with Crippen LogP contribution in [0, 0.1) is 0 Å². The summed E-state index contributed by atoms with van der Waals surface area (Å²) < 4.78 is 0. The predicted molar refractivity (Wildman–Crippen MR) is 27.2 cm³/mol. The maximum absolute atomic E-state index is 9.88. The van der Waals surface area contributed by atoms with Crippen molar-refractivity contribution in [2.24, 2.45) is 4.99 Å². The zero-order valence-electron chi connectivity index (χ0n) is 4.64. The van der Waals surface area contributed by atoms with Crippen LogP contribution in [0.1, 0.15) is 0 Å². The summed E-state index contributed by atoms with van der Waals surface area (Å²) in [5.41, 5.74) is 0. The minimum atomic E-state index is -2.03. The number of hydrogen-bond donors (Lipinski definition) is 2. The number of nitrogens with zero attached hydrogens (tertiary/aromatic N) is 1. The fourth-order valence-electron chi connectivity index (χ4n) is 0.269. The minimum absolute atomic E-state index is 0.844. The van der Waals surface area contributed by atoms with E-state index in [0.29, 0.717) is 0 Å². The first kappa shape index (κ1) is 8.32. The lowest BCUT2D eigenvalue weighted by Crippen LogP contribution is -2.27. The van der Waals surface area contributed by atoms with E-state index in [1.165, 1.54) is 0 Å². The molecule has 0 saturated heterocycles. The van der Waals surface area contributed by atoms with Crippen LogP contribution < -0.4 is 0 Å². The van der Waals surface area contributed by atoms with Gasteiger partial charge in [-0.3, -0.25) is 0 Å². The number of carboxylic acids is 2. The molecule has 0 amide bonds. The molecule has 6 heteroatoms. The number of aliphatic carboxylic acids is 2. The van der Waals surface area contributed by atoms with Gasteiger partial charge in [-0.05, 0) is 0 Å². The third-order valence-electron chi connectivity index (χ3n) is 0.650. The van der Waals surface area contributed by atoms with Gasteiger partial charge in [-0.15, -0.1) is 0 Å². The van der Waals surface area contributed by atoms with Crippen LogP contribution in [-0.2, 0) is 14.4 Å². The van der Waals surface area contributed by atoms with E-state index < -0.39 is 18.0 Å². The molecule has 0 aromatic rings. The molecule has 0 heterocycles. The number of aliphatic imine (C=N–C) groups is 1. The largest absolute Gasteiger partial charge is 0.479 e. The highest BCUT2D eigenvalue weighted by Crippen LogP contribution is 1.88. The van der Waals surface area contributed by atoms with E-state index in [2.05, 4.69) is 4.99 Å². The molecule has 0 radical (unpaired) electrons. The molecule has 2 N–H and O–H groups in total. The third-order valence-corrected chi connectivity index (χ3v) is 0.650. The van der Waals surface area contributed by atoms with Gasteiger partial charge in [0, 0.05) is 0 Å². The molecule has 0 fully saturated rings. The van der Waals surface area contributed by atoms with Gasteiger partial charge in [0.25, 0.3) is 6.04 Å². The number of carbonyl (C=O) groups excluding carboxylic acids is 1. The summed E-state index contributed by atoms with van der Waals surface area (Å²) in [5.74, 6) is -3.37. The Hall–Kier alpha value is -1.68. The molecule has 0 unspecified atom stereocenters. The van der Waals surface area contributed by atoms with Gasteiger partial charge in [0.1, 0.15) is 0 Å². The fraction of sp³-hybridized carbons (Fsp3) is 0.250. The standard InChI is InChI=1S/C4H3NO5/c6-1-5-2(3(7)8)4(9)10/h2H,(H,7,8)(H,9,10).